The summed E-state index contributed by atoms with van der Waals surface area (Å²) in [5, 5.41) is 34.2. The summed E-state index contributed by atoms with van der Waals surface area (Å²) in [6, 6.07) is 0. The largest absolute Gasteiger partial charge is 0.382 e. The quantitative estimate of drug-likeness (QED) is 0.0414. The summed E-state index contributed by atoms with van der Waals surface area (Å²) in [5.41, 5.74) is -2.81. The van der Waals surface area contributed by atoms with E-state index in [4.69, 9.17) is 0 Å². The first-order chi connectivity index (χ1) is 30.8. The van der Waals surface area contributed by atoms with Gasteiger partial charge in [-0.15, -0.1) is 0 Å². The van der Waals surface area contributed by atoms with Gasteiger partial charge in [0, 0.05) is 19.3 Å². The van der Waals surface area contributed by atoms with Gasteiger partial charge in [-0.05, 0) is 70.6 Å². The molecule has 0 saturated heterocycles. The monoisotopic (exact) mass is 887 g/mol. The molecule has 0 aliphatic heterocycles. The van der Waals surface area contributed by atoms with E-state index < -0.39 is 35.2 Å². The number of unbranched alkanes of at least 4 members (excludes halogenated alkanes) is 36. The van der Waals surface area contributed by atoms with Crippen molar-refractivity contribution < 1.29 is 29.7 Å². The molecule has 0 heterocycles. The van der Waals surface area contributed by atoms with Crippen molar-refractivity contribution in [2.45, 2.75) is 321 Å². The highest BCUT2D eigenvalue weighted by molar-refractivity contribution is 6.01. The van der Waals surface area contributed by atoms with E-state index in [2.05, 4.69) is 45.1 Å². The first-order valence-corrected chi connectivity index (χ1v) is 27.7. The fraction of sp³-hybridized carbons (Fsp3) is 0.877. The van der Waals surface area contributed by atoms with E-state index in [1.165, 1.54) is 148 Å². The zero-order valence-electron chi connectivity index (χ0n) is 42.1. The molecule has 63 heavy (non-hydrogen) atoms. The van der Waals surface area contributed by atoms with Gasteiger partial charge in [-0.25, -0.2) is 0 Å². The summed E-state index contributed by atoms with van der Waals surface area (Å²) in [5.74, 6) is -2.15. The number of carbonyl (C=O) groups excluding carboxylic acids is 3. The summed E-state index contributed by atoms with van der Waals surface area (Å²) in [4.78, 5) is 40.2. The minimum Gasteiger partial charge on any atom is -0.382 e. The molecule has 0 saturated carbocycles. The van der Waals surface area contributed by atoms with E-state index in [0.29, 0.717) is 19.3 Å². The average molecular weight is 887 g/mol. The standard InChI is InChI=1S/C57H106O6/c1-4-7-10-13-16-19-22-25-28-31-34-37-40-43-46-49-52(58)55(61)57(63,54(60)51-48-45-42-39-36-33-30-27-24-21-18-15-12-9-6-3)56(62)53(59)50-47-44-41-38-35-32-29-26-23-20-17-14-11-8-5-2/h25,27-28,30,55-56,61-63H,4-24,26,29,31-51H2,1-3H3/b28-25-,30-27-. The lowest BCUT2D eigenvalue weighted by molar-refractivity contribution is -0.181. The minimum atomic E-state index is -2.81. The molecule has 0 aromatic rings. The van der Waals surface area contributed by atoms with Crippen LogP contribution in [-0.2, 0) is 14.4 Å². The van der Waals surface area contributed by atoms with Gasteiger partial charge in [-0.1, -0.05) is 238 Å². The lowest BCUT2D eigenvalue weighted by Crippen LogP contribution is -2.63. The maximum absolute atomic E-state index is 13.6. The maximum atomic E-state index is 13.6. The van der Waals surface area contributed by atoms with Crippen molar-refractivity contribution >= 4 is 17.3 Å². The normalized spacial score (nSPS) is 13.9. The molecule has 0 amide bonds. The number of allylic oxidation sites excluding steroid dienone is 4. The number of hydrogen-bond donors (Lipinski definition) is 3. The third-order valence-electron chi connectivity index (χ3n) is 13.3. The fourth-order valence-corrected chi connectivity index (χ4v) is 8.82. The third-order valence-corrected chi connectivity index (χ3v) is 13.3. The van der Waals surface area contributed by atoms with Crippen LogP contribution in [-0.4, -0.2) is 50.5 Å². The van der Waals surface area contributed by atoms with Crippen LogP contribution in [0.1, 0.15) is 303 Å². The summed E-state index contributed by atoms with van der Waals surface area (Å²) < 4.78 is 0. The Labute approximate surface area is 391 Å². The van der Waals surface area contributed by atoms with Crippen LogP contribution in [0.2, 0.25) is 0 Å². The van der Waals surface area contributed by atoms with Crippen molar-refractivity contribution in [3.8, 4) is 0 Å². The fourth-order valence-electron chi connectivity index (χ4n) is 8.82. The molecular weight excluding hydrogens is 781 g/mol. The molecule has 6 nitrogen and oxygen atoms in total. The van der Waals surface area contributed by atoms with Crippen LogP contribution in [0.25, 0.3) is 0 Å². The lowest BCUT2D eigenvalue weighted by atomic mass is 9.78. The second-order valence-electron chi connectivity index (χ2n) is 19.4. The average Bonchev–Trinajstić information content (AvgIpc) is 3.29. The van der Waals surface area contributed by atoms with E-state index in [-0.39, 0.29) is 19.3 Å². The smallest absolute Gasteiger partial charge is 0.189 e. The van der Waals surface area contributed by atoms with Crippen molar-refractivity contribution in [2.24, 2.45) is 0 Å². The molecule has 0 aromatic carbocycles. The lowest BCUT2D eigenvalue weighted by Gasteiger charge is -2.34. The summed E-state index contributed by atoms with van der Waals surface area (Å²) in [6.07, 6.45) is 51.8. The number of hydrogen-bond acceptors (Lipinski definition) is 6. The van der Waals surface area contributed by atoms with Crippen LogP contribution in [0, 0.1) is 0 Å². The van der Waals surface area contributed by atoms with Gasteiger partial charge in [0.05, 0.1) is 0 Å². The highest BCUT2D eigenvalue weighted by Gasteiger charge is 2.53. The van der Waals surface area contributed by atoms with Crippen molar-refractivity contribution in [2.75, 3.05) is 0 Å². The molecule has 0 bridgehead atoms. The van der Waals surface area contributed by atoms with Crippen molar-refractivity contribution in [3.63, 3.8) is 0 Å². The Morgan fingerprint density at radius 1 is 0.333 bits per heavy atom. The third kappa shape index (κ3) is 36.2. The predicted octanol–water partition coefficient (Wildman–Crippen LogP) is 16.5. The number of aliphatic hydroxyl groups is 3. The van der Waals surface area contributed by atoms with Crippen LogP contribution in [0.4, 0.5) is 0 Å². The van der Waals surface area contributed by atoms with Gasteiger partial charge in [0.15, 0.2) is 35.2 Å². The van der Waals surface area contributed by atoms with Gasteiger partial charge < -0.3 is 15.3 Å². The van der Waals surface area contributed by atoms with Gasteiger partial charge in [0.1, 0.15) is 0 Å². The van der Waals surface area contributed by atoms with Gasteiger partial charge in [0.25, 0.3) is 0 Å². The molecule has 370 valence electrons. The molecular formula is C57H106O6. The van der Waals surface area contributed by atoms with Crippen LogP contribution >= 0.6 is 0 Å². The number of ketones is 3. The molecule has 0 spiro atoms. The van der Waals surface area contributed by atoms with Crippen molar-refractivity contribution in [1.82, 2.24) is 0 Å². The predicted molar refractivity (Wildman–Crippen MR) is 270 cm³/mol. The van der Waals surface area contributed by atoms with Crippen LogP contribution in [0.15, 0.2) is 24.3 Å². The molecule has 3 atom stereocenters. The Hall–Kier alpha value is -1.63. The van der Waals surface area contributed by atoms with Crippen LogP contribution < -0.4 is 0 Å². The van der Waals surface area contributed by atoms with E-state index in [1.807, 2.05) is 0 Å². The van der Waals surface area contributed by atoms with E-state index in [0.717, 1.165) is 96.3 Å². The van der Waals surface area contributed by atoms with E-state index in [1.54, 1.807) is 0 Å². The van der Waals surface area contributed by atoms with Crippen molar-refractivity contribution in [3.05, 3.63) is 24.3 Å². The van der Waals surface area contributed by atoms with Gasteiger partial charge in [-0.2, -0.15) is 0 Å². The number of rotatable bonds is 51. The molecule has 0 aliphatic rings. The Morgan fingerprint density at radius 3 is 0.794 bits per heavy atom. The molecule has 0 radical (unpaired) electrons. The van der Waals surface area contributed by atoms with Gasteiger partial charge >= 0.3 is 0 Å². The zero-order chi connectivity index (χ0) is 46.3. The van der Waals surface area contributed by atoms with E-state index in [9.17, 15) is 29.7 Å². The van der Waals surface area contributed by atoms with Gasteiger partial charge in [-0.3, -0.25) is 14.4 Å². The molecule has 0 aromatic heterocycles. The molecule has 0 fully saturated rings. The topological polar surface area (TPSA) is 112 Å². The Morgan fingerprint density at radius 2 is 0.540 bits per heavy atom. The molecule has 0 rings (SSSR count). The highest BCUT2D eigenvalue weighted by Crippen LogP contribution is 2.26. The number of Topliss-reactive ketones (excluding diaryl/α,β-unsaturated/α-hetero) is 3. The first kappa shape index (κ1) is 61.4. The molecule has 3 N–H and O–H groups in total. The number of aliphatic hydroxyl groups excluding tert-OH is 2. The zero-order valence-corrected chi connectivity index (χ0v) is 42.1. The molecule has 3 unspecified atom stereocenters. The Bertz CT molecular complexity index is 1080. The Balaban J connectivity index is 4.79. The SMILES string of the molecule is CCCCCCCC/C=C\CCCCCCCC(=O)C(O)C(O)(C(=O)CCCCCCC/C=C\CCCCCCCC)C(O)C(=O)CCCCCCCCCCCCCCCCC. The summed E-state index contributed by atoms with van der Waals surface area (Å²) in [6.45, 7) is 6.75. The van der Waals surface area contributed by atoms with Crippen molar-refractivity contribution in [1.29, 1.82) is 0 Å². The minimum absolute atomic E-state index is 0.00226. The second kappa shape index (κ2) is 46.9. The highest BCUT2D eigenvalue weighted by atomic mass is 16.4. The van der Waals surface area contributed by atoms with Crippen LogP contribution in [0.3, 0.4) is 0 Å². The number of carbonyl (C=O) groups is 3. The summed E-state index contributed by atoms with van der Waals surface area (Å²) >= 11 is 0. The molecule has 6 heteroatoms. The Kier molecular flexibility index (Phi) is 45.7. The molecule has 0 aliphatic carbocycles. The summed E-state index contributed by atoms with van der Waals surface area (Å²) in [7, 11) is 0. The first-order valence-electron chi connectivity index (χ1n) is 27.7. The second-order valence-corrected chi connectivity index (χ2v) is 19.4. The van der Waals surface area contributed by atoms with Crippen LogP contribution in [0.5, 0.6) is 0 Å². The van der Waals surface area contributed by atoms with E-state index >= 15 is 0 Å². The van der Waals surface area contributed by atoms with Gasteiger partial charge in [0.2, 0.25) is 0 Å². The maximum Gasteiger partial charge on any atom is 0.189 e.